The molecule has 0 saturated carbocycles. The van der Waals surface area contributed by atoms with E-state index in [0.29, 0.717) is 12.2 Å². The largest absolute Gasteiger partial charge is 0.497 e. The molecular weight excluding hydrogens is 616 g/mol. The van der Waals surface area contributed by atoms with E-state index in [9.17, 15) is 34.2 Å². The lowest BCUT2D eigenvalue weighted by atomic mass is 9.95. The Labute approximate surface area is 283 Å². The predicted molar refractivity (Wildman–Crippen MR) is 182 cm³/mol. The summed E-state index contributed by atoms with van der Waals surface area (Å²) in [7, 11) is 1.55. The maximum absolute atomic E-state index is 13.6. The number of hydrogen-bond donors (Lipinski definition) is 6. The second kappa shape index (κ2) is 19.4. The lowest BCUT2D eigenvalue weighted by Crippen LogP contribution is -2.57. The van der Waals surface area contributed by atoms with Gasteiger partial charge in [0.05, 0.1) is 32.1 Å². The molecule has 2 rings (SSSR count). The van der Waals surface area contributed by atoms with Crippen LogP contribution in [0.4, 0.5) is 0 Å². The van der Waals surface area contributed by atoms with E-state index in [1.807, 2.05) is 37.3 Å². The van der Waals surface area contributed by atoms with Crippen LogP contribution in [0.25, 0.3) is 0 Å². The van der Waals surface area contributed by atoms with Gasteiger partial charge < -0.3 is 36.2 Å². The molecule has 0 heterocycles. The summed E-state index contributed by atoms with van der Waals surface area (Å²) >= 11 is 0. The van der Waals surface area contributed by atoms with Crippen molar-refractivity contribution in [3.05, 3.63) is 65.7 Å². The highest BCUT2D eigenvalue weighted by Gasteiger charge is 2.33. The van der Waals surface area contributed by atoms with E-state index in [4.69, 9.17) is 4.74 Å². The van der Waals surface area contributed by atoms with Crippen LogP contribution in [0.2, 0.25) is 0 Å². The van der Waals surface area contributed by atoms with Gasteiger partial charge in [0.25, 0.3) is 0 Å². The minimum atomic E-state index is -1.36. The Morgan fingerprint density at radius 3 is 1.79 bits per heavy atom. The Hall–Kier alpha value is -4.45. The third-order valence-electron chi connectivity index (χ3n) is 8.32. The summed E-state index contributed by atoms with van der Waals surface area (Å²) in [6, 6.07) is 12.2. The van der Waals surface area contributed by atoms with Crippen molar-refractivity contribution in [2.24, 2.45) is 17.8 Å². The third kappa shape index (κ3) is 12.6. The quantitative estimate of drug-likeness (QED) is 0.132. The third-order valence-corrected chi connectivity index (χ3v) is 8.32. The van der Waals surface area contributed by atoms with Gasteiger partial charge in [0.2, 0.25) is 23.6 Å². The van der Waals surface area contributed by atoms with E-state index in [2.05, 4.69) is 21.3 Å². The number of carbonyl (C=O) groups excluding carboxylic acids is 4. The van der Waals surface area contributed by atoms with E-state index in [1.54, 1.807) is 66.0 Å². The summed E-state index contributed by atoms with van der Waals surface area (Å²) < 4.78 is 5.16. The van der Waals surface area contributed by atoms with Gasteiger partial charge in [-0.25, -0.2) is 4.79 Å². The second-order valence-corrected chi connectivity index (χ2v) is 12.9. The normalized spacial score (nSPS) is 15.0. The number of nitrogens with one attached hydrogen (secondary N) is 4. The van der Waals surface area contributed by atoms with E-state index >= 15 is 0 Å². The lowest BCUT2D eigenvalue weighted by molar-refractivity contribution is -0.143. The molecule has 264 valence electrons. The van der Waals surface area contributed by atoms with Crippen LogP contribution in [0.15, 0.2) is 54.6 Å². The average Bonchev–Trinajstić information content (AvgIpc) is 3.04. The van der Waals surface area contributed by atoms with Crippen LogP contribution in [-0.4, -0.2) is 77.2 Å². The van der Waals surface area contributed by atoms with Gasteiger partial charge in [-0.05, 0) is 47.4 Å². The van der Waals surface area contributed by atoms with E-state index in [0.717, 1.165) is 11.1 Å². The average molecular weight is 669 g/mol. The van der Waals surface area contributed by atoms with Gasteiger partial charge in [0, 0.05) is 0 Å². The van der Waals surface area contributed by atoms with Crippen LogP contribution in [0, 0.1) is 17.8 Å². The zero-order valence-electron chi connectivity index (χ0n) is 29.0. The molecule has 0 aliphatic heterocycles. The minimum Gasteiger partial charge on any atom is -0.497 e. The topological polar surface area (TPSA) is 183 Å². The first-order valence-electron chi connectivity index (χ1n) is 16.4. The van der Waals surface area contributed by atoms with Crippen molar-refractivity contribution in [3.63, 3.8) is 0 Å². The van der Waals surface area contributed by atoms with E-state index in [-0.39, 0.29) is 36.5 Å². The highest BCUT2D eigenvalue weighted by molar-refractivity contribution is 5.91. The SMILES string of the molecule is CC[C@H](C)[C@H](NC(=O)CC(O)C(Cc1ccccc1)NC(=O)[C@@H](NC(=O)Cc1ccc(OC)cc1)C(C)C)C(=O)N[C@H](C(=O)O)C(C)C. The number of carboxylic acids is 1. The maximum Gasteiger partial charge on any atom is 0.326 e. The monoisotopic (exact) mass is 668 g/mol. The van der Waals surface area contributed by atoms with Gasteiger partial charge in [0.15, 0.2) is 0 Å². The molecule has 0 spiro atoms. The molecule has 2 aromatic rings. The van der Waals surface area contributed by atoms with Crippen molar-refractivity contribution in [3.8, 4) is 5.75 Å². The smallest absolute Gasteiger partial charge is 0.326 e. The molecule has 6 N–H and O–H groups in total. The van der Waals surface area contributed by atoms with Gasteiger partial charge in [0.1, 0.15) is 23.9 Å². The highest BCUT2D eigenvalue weighted by atomic mass is 16.5. The number of carbonyl (C=O) groups is 5. The maximum atomic E-state index is 13.6. The molecule has 0 saturated heterocycles. The van der Waals surface area contributed by atoms with Crippen LogP contribution < -0.4 is 26.0 Å². The first-order valence-corrected chi connectivity index (χ1v) is 16.4. The summed E-state index contributed by atoms with van der Waals surface area (Å²) in [5, 5.41) is 31.7. The number of aliphatic hydroxyl groups excluding tert-OH is 1. The Bertz CT molecular complexity index is 1350. The standard InChI is InChI=1S/C36H52N4O8/c1-8-23(6)33(35(45)40-32(22(4)5)36(46)47)39-30(43)20-28(41)27(18-24-12-10-9-11-13-24)37-34(44)31(21(2)3)38-29(42)19-25-14-16-26(48-7)17-15-25/h9-17,21-23,27-28,31-33,41H,8,18-20H2,1-7H3,(H,37,44)(H,38,42)(H,39,43)(H,40,45)(H,46,47)/t23-,27?,28?,31-,32-,33-/m0/s1. The van der Waals surface area contributed by atoms with Crippen LogP contribution in [0.3, 0.4) is 0 Å². The summed E-state index contributed by atoms with van der Waals surface area (Å²) in [5.74, 6) is -3.67. The molecule has 0 radical (unpaired) electrons. The number of aliphatic hydroxyl groups is 1. The zero-order chi connectivity index (χ0) is 36.0. The first-order chi connectivity index (χ1) is 22.7. The molecule has 4 amide bonds. The molecule has 48 heavy (non-hydrogen) atoms. The number of ether oxygens (including phenoxy) is 1. The number of carboxylic acid groups (broad SMARTS) is 1. The molecule has 2 unspecified atom stereocenters. The van der Waals surface area contributed by atoms with Crippen LogP contribution >= 0.6 is 0 Å². The molecule has 12 heteroatoms. The molecular formula is C36H52N4O8. The molecule has 2 aromatic carbocycles. The fourth-order valence-corrected chi connectivity index (χ4v) is 5.14. The molecule has 0 bridgehead atoms. The Morgan fingerprint density at radius 2 is 1.27 bits per heavy atom. The summed E-state index contributed by atoms with van der Waals surface area (Å²) in [5.41, 5.74) is 1.55. The van der Waals surface area contributed by atoms with Gasteiger partial charge in [-0.15, -0.1) is 0 Å². The van der Waals surface area contributed by atoms with Crippen LogP contribution in [0.5, 0.6) is 5.75 Å². The molecule has 0 fully saturated rings. The van der Waals surface area contributed by atoms with E-state index in [1.165, 1.54) is 0 Å². The van der Waals surface area contributed by atoms with Gasteiger partial charge in [-0.3, -0.25) is 19.2 Å². The van der Waals surface area contributed by atoms with Crippen molar-refractivity contribution in [1.82, 2.24) is 21.3 Å². The Morgan fingerprint density at radius 1 is 0.708 bits per heavy atom. The Balaban J connectivity index is 2.20. The number of amides is 4. The zero-order valence-corrected chi connectivity index (χ0v) is 29.0. The number of aliphatic carboxylic acids is 1. The lowest BCUT2D eigenvalue weighted by Gasteiger charge is -2.30. The summed E-state index contributed by atoms with van der Waals surface area (Å²) in [6.45, 7) is 10.5. The Kier molecular flexibility index (Phi) is 16.0. The van der Waals surface area contributed by atoms with Gasteiger partial charge in [-0.2, -0.15) is 0 Å². The fraction of sp³-hybridized carbons (Fsp3) is 0.528. The second-order valence-electron chi connectivity index (χ2n) is 12.9. The van der Waals surface area contributed by atoms with Crippen molar-refractivity contribution in [2.75, 3.05) is 7.11 Å². The first kappa shape index (κ1) is 39.7. The van der Waals surface area contributed by atoms with Crippen LogP contribution in [-0.2, 0) is 36.8 Å². The van der Waals surface area contributed by atoms with Crippen molar-refractivity contribution in [2.45, 2.75) is 97.5 Å². The van der Waals surface area contributed by atoms with Gasteiger partial charge >= 0.3 is 5.97 Å². The van der Waals surface area contributed by atoms with Gasteiger partial charge in [-0.1, -0.05) is 90.4 Å². The van der Waals surface area contributed by atoms with Crippen molar-refractivity contribution < 1.29 is 38.9 Å². The molecule has 0 aliphatic rings. The van der Waals surface area contributed by atoms with E-state index < -0.39 is 60.4 Å². The minimum absolute atomic E-state index is 0.0477. The number of hydrogen-bond acceptors (Lipinski definition) is 7. The van der Waals surface area contributed by atoms with Crippen molar-refractivity contribution >= 4 is 29.6 Å². The summed E-state index contributed by atoms with van der Waals surface area (Å²) in [4.78, 5) is 64.6. The molecule has 0 aliphatic carbocycles. The molecule has 12 nitrogen and oxygen atoms in total. The molecule has 6 atom stereocenters. The predicted octanol–water partition coefficient (Wildman–Crippen LogP) is 2.61. The van der Waals surface area contributed by atoms with Crippen LogP contribution in [0.1, 0.15) is 65.5 Å². The number of benzene rings is 2. The highest BCUT2D eigenvalue weighted by Crippen LogP contribution is 2.15. The summed E-state index contributed by atoms with van der Waals surface area (Å²) in [6.07, 6.45) is -1.05. The molecule has 0 aromatic heterocycles. The fourth-order valence-electron chi connectivity index (χ4n) is 5.14. The number of rotatable bonds is 19. The van der Waals surface area contributed by atoms with Crippen molar-refractivity contribution in [1.29, 1.82) is 0 Å². The number of methoxy groups -OCH3 is 1.